The number of hydrogen-bond acceptors (Lipinski definition) is 3. The number of fused-ring (bicyclic) bond motifs is 12. The third-order valence-electron chi connectivity index (χ3n) is 9.99. The van der Waals surface area contributed by atoms with E-state index < -0.39 is 5.41 Å². The first-order chi connectivity index (χ1) is 23.7. The molecule has 1 unspecified atom stereocenters. The number of aromatic nitrogens is 3. The summed E-state index contributed by atoms with van der Waals surface area (Å²) in [5.74, 6) is 1.84. The van der Waals surface area contributed by atoms with Crippen molar-refractivity contribution < 1.29 is 0 Å². The molecule has 0 N–H and O–H groups in total. The highest BCUT2D eigenvalue weighted by atomic mass is 35.5. The molecule has 2 aliphatic carbocycles. The van der Waals surface area contributed by atoms with Gasteiger partial charge in [0.2, 0.25) is 0 Å². The molecule has 0 amide bonds. The van der Waals surface area contributed by atoms with E-state index in [0.29, 0.717) is 22.5 Å². The van der Waals surface area contributed by atoms with E-state index in [-0.39, 0.29) is 0 Å². The average Bonchev–Trinajstić information content (AvgIpc) is 3.63. The van der Waals surface area contributed by atoms with Crippen molar-refractivity contribution in [1.82, 2.24) is 15.0 Å². The van der Waals surface area contributed by atoms with E-state index in [2.05, 4.69) is 103 Å². The molecule has 0 saturated carbocycles. The molecule has 1 atom stereocenters. The summed E-state index contributed by atoms with van der Waals surface area (Å²) >= 11 is 6.46. The van der Waals surface area contributed by atoms with Gasteiger partial charge >= 0.3 is 0 Å². The molecule has 10 rings (SSSR count). The summed E-state index contributed by atoms with van der Waals surface area (Å²) in [6.45, 7) is 0. The van der Waals surface area contributed by atoms with Gasteiger partial charge in [-0.2, -0.15) is 0 Å². The number of benzene rings is 7. The molecule has 1 aromatic heterocycles. The molecule has 0 radical (unpaired) electrons. The Labute approximate surface area is 283 Å². The Balaban J connectivity index is 1.30. The minimum atomic E-state index is -0.483. The van der Waals surface area contributed by atoms with Crippen molar-refractivity contribution in [2.45, 2.75) is 5.41 Å². The fourth-order valence-electron chi connectivity index (χ4n) is 8.11. The van der Waals surface area contributed by atoms with Gasteiger partial charge in [-0.25, -0.2) is 15.0 Å². The van der Waals surface area contributed by atoms with Crippen LogP contribution in [-0.4, -0.2) is 15.0 Å². The number of halogens is 1. The maximum Gasteiger partial charge on any atom is 0.164 e. The van der Waals surface area contributed by atoms with Gasteiger partial charge in [0.25, 0.3) is 0 Å². The second kappa shape index (κ2) is 10.3. The molecule has 0 saturated heterocycles. The Morgan fingerprint density at radius 2 is 0.958 bits per heavy atom. The number of rotatable bonds is 3. The lowest BCUT2D eigenvalue weighted by Gasteiger charge is -2.30. The molecule has 4 heteroatoms. The SMILES string of the molecule is Clc1cccc(-c2nc(-c3ccccc3)nc(-c3cccc4c3-c3ccccc3C43c4ccccc4-c4c3ccc3ccccc43)n2)c1. The number of nitrogens with zero attached hydrogens (tertiary/aromatic N) is 3. The summed E-state index contributed by atoms with van der Waals surface area (Å²) < 4.78 is 0. The largest absolute Gasteiger partial charge is 0.208 e. The quantitative estimate of drug-likeness (QED) is 0.195. The average molecular weight is 632 g/mol. The summed E-state index contributed by atoms with van der Waals surface area (Å²) in [4.78, 5) is 15.3. The molecular formula is C44H26ClN3. The van der Waals surface area contributed by atoms with Crippen LogP contribution in [0.15, 0.2) is 158 Å². The van der Waals surface area contributed by atoms with Crippen molar-refractivity contribution in [3.05, 3.63) is 185 Å². The van der Waals surface area contributed by atoms with Gasteiger partial charge in [0.15, 0.2) is 17.5 Å². The summed E-state index contributed by atoms with van der Waals surface area (Å²) in [7, 11) is 0. The van der Waals surface area contributed by atoms with Crippen LogP contribution in [0.1, 0.15) is 22.3 Å². The fourth-order valence-corrected chi connectivity index (χ4v) is 8.30. The lowest BCUT2D eigenvalue weighted by Crippen LogP contribution is -2.25. The maximum absolute atomic E-state index is 6.46. The highest BCUT2D eigenvalue weighted by Gasteiger charge is 2.52. The summed E-state index contributed by atoms with van der Waals surface area (Å²) in [6.07, 6.45) is 0. The topological polar surface area (TPSA) is 38.7 Å². The zero-order chi connectivity index (χ0) is 31.8. The van der Waals surface area contributed by atoms with Crippen molar-refractivity contribution in [1.29, 1.82) is 0 Å². The molecule has 0 fully saturated rings. The molecule has 2 aliphatic rings. The Bertz CT molecular complexity index is 2590. The van der Waals surface area contributed by atoms with E-state index in [0.717, 1.165) is 22.3 Å². The summed E-state index contributed by atoms with van der Waals surface area (Å²) in [6, 6.07) is 55.6. The lowest BCUT2D eigenvalue weighted by molar-refractivity contribution is 0.794. The predicted molar refractivity (Wildman–Crippen MR) is 195 cm³/mol. The van der Waals surface area contributed by atoms with Crippen LogP contribution in [0.5, 0.6) is 0 Å². The van der Waals surface area contributed by atoms with Gasteiger partial charge in [0.1, 0.15) is 0 Å². The molecule has 1 heterocycles. The molecule has 7 aromatic carbocycles. The van der Waals surface area contributed by atoms with E-state index in [1.165, 1.54) is 49.7 Å². The first-order valence-corrected chi connectivity index (χ1v) is 16.5. The van der Waals surface area contributed by atoms with E-state index in [1.54, 1.807) is 0 Å². The number of hydrogen-bond donors (Lipinski definition) is 0. The summed E-state index contributed by atoms with van der Waals surface area (Å²) in [5, 5.41) is 3.16. The minimum Gasteiger partial charge on any atom is -0.208 e. The Morgan fingerprint density at radius 1 is 0.396 bits per heavy atom. The molecular weight excluding hydrogens is 606 g/mol. The van der Waals surface area contributed by atoms with Crippen LogP contribution < -0.4 is 0 Å². The lowest BCUT2D eigenvalue weighted by atomic mass is 9.70. The fraction of sp³-hybridized carbons (Fsp3) is 0.0227. The summed E-state index contributed by atoms with van der Waals surface area (Å²) in [5.41, 5.74) is 12.4. The third-order valence-corrected chi connectivity index (χ3v) is 10.2. The third kappa shape index (κ3) is 3.74. The normalized spacial score (nSPS) is 15.3. The van der Waals surface area contributed by atoms with E-state index >= 15 is 0 Å². The molecule has 3 nitrogen and oxygen atoms in total. The second-order valence-electron chi connectivity index (χ2n) is 12.5. The highest BCUT2D eigenvalue weighted by Crippen LogP contribution is 2.64. The van der Waals surface area contributed by atoms with E-state index in [4.69, 9.17) is 26.6 Å². The maximum atomic E-state index is 6.46. The van der Waals surface area contributed by atoms with Gasteiger partial charge in [-0.3, -0.25) is 0 Å². The van der Waals surface area contributed by atoms with Crippen LogP contribution in [0.2, 0.25) is 5.02 Å². The predicted octanol–water partition coefficient (Wildman–Crippen LogP) is 11.0. The Kier molecular flexibility index (Phi) is 5.84. The molecule has 1 spiro atoms. The Morgan fingerprint density at radius 3 is 1.75 bits per heavy atom. The van der Waals surface area contributed by atoms with Crippen LogP contribution in [0.3, 0.4) is 0 Å². The zero-order valence-corrected chi connectivity index (χ0v) is 26.5. The van der Waals surface area contributed by atoms with Crippen molar-refractivity contribution in [3.8, 4) is 56.4 Å². The van der Waals surface area contributed by atoms with Gasteiger partial charge in [0, 0.05) is 21.7 Å². The molecule has 8 aromatic rings. The van der Waals surface area contributed by atoms with Gasteiger partial charge in [-0.15, -0.1) is 0 Å². The minimum absolute atomic E-state index is 0.483. The van der Waals surface area contributed by atoms with Gasteiger partial charge in [-0.1, -0.05) is 157 Å². The smallest absolute Gasteiger partial charge is 0.164 e. The van der Waals surface area contributed by atoms with Gasteiger partial charge < -0.3 is 0 Å². The van der Waals surface area contributed by atoms with Crippen LogP contribution in [0, 0.1) is 0 Å². The monoisotopic (exact) mass is 631 g/mol. The van der Waals surface area contributed by atoms with Crippen molar-refractivity contribution in [3.63, 3.8) is 0 Å². The molecule has 0 aliphatic heterocycles. The molecule has 48 heavy (non-hydrogen) atoms. The van der Waals surface area contributed by atoms with Crippen LogP contribution >= 0.6 is 11.6 Å². The van der Waals surface area contributed by atoms with Crippen molar-refractivity contribution in [2.24, 2.45) is 0 Å². The molecule has 224 valence electrons. The van der Waals surface area contributed by atoms with Gasteiger partial charge in [-0.05, 0) is 67.4 Å². The highest BCUT2D eigenvalue weighted by molar-refractivity contribution is 6.30. The Hall–Kier alpha value is -5.90. The first kappa shape index (κ1) is 27.2. The van der Waals surface area contributed by atoms with Crippen LogP contribution in [-0.2, 0) is 5.41 Å². The second-order valence-corrected chi connectivity index (χ2v) is 12.9. The standard InChI is InChI=1S/C44H26ClN3/c45-30-16-10-15-29(26-30)42-46-41(28-13-2-1-3-14-28)47-43(48-42)34-20-11-23-37-40(34)33-19-7-9-22-36(33)44(37)35-21-8-6-18-32(35)39-31-17-5-4-12-27(31)24-25-38(39)44/h1-26H. The zero-order valence-electron chi connectivity index (χ0n) is 25.7. The van der Waals surface area contributed by atoms with Crippen molar-refractivity contribution in [2.75, 3.05) is 0 Å². The first-order valence-electron chi connectivity index (χ1n) is 16.1. The van der Waals surface area contributed by atoms with Crippen LogP contribution in [0.25, 0.3) is 67.2 Å². The van der Waals surface area contributed by atoms with E-state index in [1.807, 2.05) is 54.6 Å². The van der Waals surface area contributed by atoms with E-state index in [9.17, 15) is 0 Å². The molecule has 0 bridgehead atoms. The van der Waals surface area contributed by atoms with Crippen molar-refractivity contribution >= 4 is 22.4 Å². The van der Waals surface area contributed by atoms with Gasteiger partial charge in [0.05, 0.1) is 5.41 Å². The van der Waals surface area contributed by atoms with Crippen LogP contribution in [0.4, 0.5) is 0 Å².